The molecule has 0 aliphatic rings. The van der Waals surface area contributed by atoms with Crippen LogP contribution < -0.4 is 10.6 Å². The van der Waals surface area contributed by atoms with Gasteiger partial charge in [-0.2, -0.15) is 0 Å². The highest BCUT2D eigenvalue weighted by molar-refractivity contribution is 5.48. The van der Waals surface area contributed by atoms with E-state index in [9.17, 15) is 0 Å². The van der Waals surface area contributed by atoms with E-state index >= 15 is 0 Å². The van der Waals surface area contributed by atoms with Gasteiger partial charge < -0.3 is 10.6 Å². The molecular formula is C14H25N3. The largest absolute Gasteiger partial charge is 0.356 e. The molecule has 1 aromatic heterocycles. The normalized spacial score (nSPS) is 13.6. The predicted molar refractivity (Wildman–Crippen MR) is 74.2 cm³/mol. The van der Waals surface area contributed by atoms with Crippen molar-refractivity contribution in [3.05, 3.63) is 23.4 Å². The lowest BCUT2D eigenvalue weighted by atomic mass is 9.87. The van der Waals surface area contributed by atoms with Crippen LogP contribution >= 0.6 is 0 Å². The van der Waals surface area contributed by atoms with Crippen LogP contribution in [0.15, 0.2) is 12.1 Å². The van der Waals surface area contributed by atoms with Gasteiger partial charge in [-0.3, -0.25) is 0 Å². The Kier molecular flexibility index (Phi) is 4.15. The summed E-state index contributed by atoms with van der Waals surface area (Å²) in [6, 6.07) is 4.49. The summed E-state index contributed by atoms with van der Waals surface area (Å²) in [5, 5.41) is 0. The van der Waals surface area contributed by atoms with Crippen molar-refractivity contribution in [3.8, 4) is 0 Å². The maximum atomic E-state index is 5.78. The van der Waals surface area contributed by atoms with Crippen LogP contribution in [-0.2, 0) is 6.54 Å². The molecule has 3 nitrogen and oxygen atoms in total. The molecule has 0 fully saturated rings. The molecule has 1 unspecified atom stereocenters. The summed E-state index contributed by atoms with van der Waals surface area (Å²) < 4.78 is 0. The van der Waals surface area contributed by atoms with Crippen molar-refractivity contribution in [2.75, 3.05) is 11.9 Å². The number of aryl methyl sites for hydroxylation is 1. The molecule has 2 N–H and O–H groups in total. The Morgan fingerprint density at radius 2 is 1.94 bits per heavy atom. The first-order valence-corrected chi connectivity index (χ1v) is 6.16. The van der Waals surface area contributed by atoms with Crippen LogP contribution in [0.1, 0.15) is 39.0 Å². The van der Waals surface area contributed by atoms with Crippen molar-refractivity contribution in [2.24, 2.45) is 11.1 Å². The third kappa shape index (κ3) is 3.19. The smallest absolute Gasteiger partial charge is 0.133 e. The number of nitrogens with two attached hydrogens (primary N) is 1. The first-order chi connectivity index (χ1) is 7.77. The van der Waals surface area contributed by atoms with E-state index in [4.69, 9.17) is 5.73 Å². The zero-order valence-corrected chi connectivity index (χ0v) is 11.9. The minimum Gasteiger partial charge on any atom is -0.356 e. The fraction of sp³-hybridized carbons (Fsp3) is 0.643. The van der Waals surface area contributed by atoms with Gasteiger partial charge in [0.05, 0.1) is 0 Å². The lowest BCUT2D eigenvalue weighted by molar-refractivity contribution is 0.328. The van der Waals surface area contributed by atoms with Crippen molar-refractivity contribution in [3.63, 3.8) is 0 Å². The van der Waals surface area contributed by atoms with Crippen molar-refractivity contribution in [1.29, 1.82) is 0 Å². The van der Waals surface area contributed by atoms with Gasteiger partial charge in [-0.05, 0) is 25.3 Å². The van der Waals surface area contributed by atoms with Crippen LogP contribution in [-0.4, -0.2) is 18.1 Å². The Bertz CT molecular complexity index is 380. The zero-order valence-electron chi connectivity index (χ0n) is 11.9. The second-order valence-corrected chi connectivity index (χ2v) is 5.79. The first kappa shape index (κ1) is 14.0. The molecule has 0 amide bonds. The van der Waals surface area contributed by atoms with Gasteiger partial charge in [-0.1, -0.05) is 26.8 Å². The topological polar surface area (TPSA) is 42.1 Å². The molecule has 1 heterocycles. The van der Waals surface area contributed by atoms with Crippen LogP contribution in [0, 0.1) is 12.3 Å². The maximum absolute atomic E-state index is 5.78. The number of hydrogen-bond donors (Lipinski definition) is 1. The van der Waals surface area contributed by atoms with E-state index in [0.717, 1.165) is 17.1 Å². The average molecular weight is 235 g/mol. The summed E-state index contributed by atoms with van der Waals surface area (Å²) in [5.41, 5.74) is 8.13. The number of rotatable bonds is 3. The molecule has 0 aromatic carbocycles. The number of nitrogens with zero attached hydrogens (tertiary/aromatic N) is 2. The summed E-state index contributed by atoms with van der Waals surface area (Å²) in [7, 11) is 2.09. The molecule has 1 aromatic rings. The number of anilines is 1. The Balaban J connectivity index is 3.10. The van der Waals surface area contributed by atoms with Crippen molar-refractivity contribution >= 4 is 5.82 Å². The monoisotopic (exact) mass is 235 g/mol. The molecular weight excluding hydrogens is 210 g/mol. The fourth-order valence-electron chi connectivity index (χ4n) is 1.80. The summed E-state index contributed by atoms with van der Waals surface area (Å²) in [6.45, 7) is 11.5. The van der Waals surface area contributed by atoms with E-state index in [1.54, 1.807) is 0 Å². The molecule has 1 rings (SSSR count). The Hall–Kier alpha value is -1.09. The Morgan fingerprint density at radius 3 is 2.41 bits per heavy atom. The third-order valence-electron chi connectivity index (χ3n) is 3.48. The number of hydrogen-bond acceptors (Lipinski definition) is 3. The molecule has 0 spiro atoms. The highest BCUT2D eigenvalue weighted by Gasteiger charge is 2.25. The SMILES string of the molecule is Cc1ccc(CN)c(N(C)C(C)C(C)(C)C)n1. The summed E-state index contributed by atoms with van der Waals surface area (Å²) in [5.74, 6) is 1.01. The molecule has 0 saturated heterocycles. The van der Waals surface area contributed by atoms with Gasteiger partial charge >= 0.3 is 0 Å². The number of pyridine rings is 1. The van der Waals surface area contributed by atoms with Gasteiger partial charge in [0, 0.05) is 30.9 Å². The second kappa shape index (κ2) is 5.05. The lowest BCUT2D eigenvalue weighted by Gasteiger charge is -2.37. The number of aromatic nitrogens is 1. The predicted octanol–water partition coefficient (Wildman–Crippen LogP) is 2.72. The quantitative estimate of drug-likeness (QED) is 0.876. The van der Waals surface area contributed by atoms with E-state index in [2.05, 4.69) is 50.7 Å². The Morgan fingerprint density at radius 1 is 1.35 bits per heavy atom. The van der Waals surface area contributed by atoms with Crippen LogP contribution in [0.2, 0.25) is 0 Å². The van der Waals surface area contributed by atoms with E-state index in [0.29, 0.717) is 12.6 Å². The summed E-state index contributed by atoms with van der Waals surface area (Å²) in [4.78, 5) is 6.86. The third-order valence-corrected chi connectivity index (χ3v) is 3.48. The van der Waals surface area contributed by atoms with Crippen LogP contribution in [0.3, 0.4) is 0 Å². The highest BCUT2D eigenvalue weighted by atomic mass is 15.2. The standard InChI is InChI=1S/C14H25N3/c1-10-7-8-12(9-15)13(16-10)17(6)11(2)14(3,4)5/h7-8,11H,9,15H2,1-6H3. The van der Waals surface area contributed by atoms with Gasteiger partial charge in [0.15, 0.2) is 0 Å². The van der Waals surface area contributed by atoms with Crippen molar-refractivity contribution in [2.45, 2.75) is 47.2 Å². The van der Waals surface area contributed by atoms with Gasteiger partial charge in [0.1, 0.15) is 5.82 Å². The summed E-state index contributed by atoms with van der Waals surface area (Å²) >= 11 is 0. The maximum Gasteiger partial charge on any atom is 0.133 e. The molecule has 3 heteroatoms. The molecule has 0 saturated carbocycles. The molecule has 0 bridgehead atoms. The average Bonchev–Trinajstić information content (AvgIpc) is 2.25. The Labute approximate surface area is 105 Å². The fourth-order valence-corrected chi connectivity index (χ4v) is 1.80. The summed E-state index contributed by atoms with van der Waals surface area (Å²) in [6.07, 6.45) is 0. The first-order valence-electron chi connectivity index (χ1n) is 6.16. The molecule has 0 aliphatic heterocycles. The van der Waals surface area contributed by atoms with Gasteiger partial charge in [0.2, 0.25) is 0 Å². The minimum atomic E-state index is 0.214. The van der Waals surface area contributed by atoms with E-state index < -0.39 is 0 Å². The highest BCUT2D eigenvalue weighted by Crippen LogP contribution is 2.28. The molecule has 0 aliphatic carbocycles. The molecule has 1 atom stereocenters. The molecule has 0 radical (unpaired) electrons. The van der Waals surface area contributed by atoms with Gasteiger partial charge in [-0.25, -0.2) is 4.98 Å². The van der Waals surface area contributed by atoms with Crippen molar-refractivity contribution < 1.29 is 0 Å². The van der Waals surface area contributed by atoms with E-state index in [1.165, 1.54) is 0 Å². The van der Waals surface area contributed by atoms with E-state index in [-0.39, 0.29) is 5.41 Å². The minimum absolute atomic E-state index is 0.214. The van der Waals surface area contributed by atoms with Crippen LogP contribution in [0.4, 0.5) is 5.82 Å². The van der Waals surface area contributed by atoms with Gasteiger partial charge in [-0.15, -0.1) is 0 Å². The van der Waals surface area contributed by atoms with Gasteiger partial charge in [0.25, 0.3) is 0 Å². The molecule has 17 heavy (non-hydrogen) atoms. The van der Waals surface area contributed by atoms with Crippen LogP contribution in [0.25, 0.3) is 0 Å². The molecule has 96 valence electrons. The zero-order chi connectivity index (χ0) is 13.2. The lowest BCUT2D eigenvalue weighted by Crippen LogP contribution is -2.40. The van der Waals surface area contributed by atoms with E-state index in [1.807, 2.05) is 13.0 Å². The van der Waals surface area contributed by atoms with Crippen molar-refractivity contribution in [1.82, 2.24) is 4.98 Å². The van der Waals surface area contributed by atoms with Crippen LogP contribution in [0.5, 0.6) is 0 Å². The second-order valence-electron chi connectivity index (χ2n) is 5.79.